The summed E-state index contributed by atoms with van der Waals surface area (Å²) in [4.78, 5) is 24.0. The number of anilines is 2. The summed E-state index contributed by atoms with van der Waals surface area (Å²) in [5.41, 5.74) is 5.47. The van der Waals surface area contributed by atoms with E-state index < -0.39 is 0 Å². The molecule has 4 rings (SSSR count). The van der Waals surface area contributed by atoms with E-state index in [4.69, 9.17) is 4.98 Å². The van der Waals surface area contributed by atoms with E-state index in [0.29, 0.717) is 0 Å². The van der Waals surface area contributed by atoms with Gasteiger partial charge in [-0.2, -0.15) is 0 Å². The summed E-state index contributed by atoms with van der Waals surface area (Å²) in [6, 6.07) is 12.2. The normalized spacial score (nSPS) is 14.6. The Morgan fingerprint density at radius 1 is 1.04 bits per heavy atom. The number of fused-ring (bicyclic) bond motifs is 1. The van der Waals surface area contributed by atoms with Crippen molar-refractivity contribution in [3.63, 3.8) is 0 Å². The summed E-state index contributed by atoms with van der Waals surface area (Å²) in [5.74, 6) is 0.112. The van der Waals surface area contributed by atoms with Gasteiger partial charge in [0.2, 0.25) is 0 Å². The number of carbonyl (C=O) groups is 1. The minimum Gasteiger partial charge on any atom is -0.378 e. The van der Waals surface area contributed by atoms with E-state index in [-0.39, 0.29) is 5.91 Å². The van der Waals surface area contributed by atoms with E-state index in [1.54, 1.807) is 11.3 Å². The Hall–Kier alpha value is -2.60. The van der Waals surface area contributed by atoms with E-state index in [0.717, 1.165) is 48.1 Å². The first-order valence-electron chi connectivity index (χ1n) is 9.62. The number of benzene rings is 2. The Morgan fingerprint density at radius 3 is 2.36 bits per heavy atom. The van der Waals surface area contributed by atoms with Crippen molar-refractivity contribution in [1.29, 1.82) is 0 Å². The van der Waals surface area contributed by atoms with Gasteiger partial charge in [0, 0.05) is 51.5 Å². The number of nitrogens with zero attached hydrogens (tertiary/aromatic N) is 4. The highest BCUT2D eigenvalue weighted by Crippen LogP contribution is 2.32. The quantitative estimate of drug-likeness (QED) is 0.675. The molecule has 2 aromatic carbocycles. The molecule has 0 spiro atoms. The fourth-order valence-electron chi connectivity index (χ4n) is 3.69. The van der Waals surface area contributed by atoms with Crippen LogP contribution in [-0.2, 0) is 0 Å². The highest BCUT2D eigenvalue weighted by atomic mass is 32.1. The summed E-state index contributed by atoms with van der Waals surface area (Å²) in [6.07, 6.45) is 0. The van der Waals surface area contributed by atoms with Crippen molar-refractivity contribution in [1.82, 2.24) is 9.88 Å². The van der Waals surface area contributed by atoms with Crippen LogP contribution in [0, 0.1) is 13.8 Å². The van der Waals surface area contributed by atoms with Crippen molar-refractivity contribution < 1.29 is 4.79 Å². The topological polar surface area (TPSA) is 39.7 Å². The van der Waals surface area contributed by atoms with E-state index in [1.807, 2.05) is 48.2 Å². The maximum absolute atomic E-state index is 12.8. The SMILES string of the molecule is Cc1cc(C)c2sc(N3CCN(C(=O)c4ccc(N(C)C)cc4)CC3)nc2c1. The van der Waals surface area contributed by atoms with E-state index in [1.165, 1.54) is 15.8 Å². The molecular weight excluding hydrogens is 368 g/mol. The van der Waals surface area contributed by atoms with Crippen LogP contribution in [0.3, 0.4) is 0 Å². The third-order valence-electron chi connectivity index (χ3n) is 5.28. The van der Waals surface area contributed by atoms with Gasteiger partial charge in [0.25, 0.3) is 5.91 Å². The minimum absolute atomic E-state index is 0.112. The lowest BCUT2D eigenvalue weighted by atomic mass is 10.1. The summed E-state index contributed by atoms with van der Waals surface area (Å²) >= 11 is 1.76. The molecule has 3 aromatic rings. The number of rotatable bonds is 3. The van der Waals surface area contributed by atoms with Crippen LogP contribution < -0.4 is 9.80 Å². The second kappa shape index (κ2) is 7.43. The highest BCUT2D eigenvalue weighted by Gasteiger charge is 2.24. The van der Waals surface area contributed by atoms with Gasteiger partial charge in [-0.3, -0.25) is 4.79 Å². The van der Waals surface area contributed by atoms with Crippen LogP contribution in [0.5, 0.6) is 0 Å². The van der Waals surface area contributed by atoms with Gasteiger partial charge in [-0.1, -0.05) is 17.4 Å². The van der Waals surface area contributed by atoms with Crippen LogP contribution in [0.15, 0.2) is 36.4 Å². The molecule has 146 valence electrons. The van der Waals surface area contributed by atoms with Crippen LogP contribution in [0.2, 0.25) is 0 Å². The van der Waals surface area contributed by atoms with Gasteiger partial charge in [0.1, 0.15) is 0 Å². The number of hydrogen-bond donors (Lipinski definition) is 0. The number of hydrogen-bond acceptors (Lipinski definition) is 5. The Kier molecular flexibility index (Phi) is 4.98. The molecule has 2 heterocycles. The van der Waals surface area contributed by atoms with Gasteiger partial charge in [0.05, 0.1) is 10.2 Å². The molecule has 1 saturated heterocycles. The van der Waals surface area contributed by atoms with Crippen LogP contribution in [0.25, 0.3) is 10.2 Å². The largest absolute Gasteiger partial charge is 0.378 e. The Bertz CT molecular complexity index is 1000. The fourth-order valence-corrected chi connectivity index (χ4v) is 4.75. The fraction of sp³-hybridized carbons (Fsp3) is 0.364. The van der Waals surface area contributed by atoms with Crippen LogP contribution in [-0.4, -0.2) is 56.1 Å². The number of amides is 1. The van der Waals surface area contributed by atoms with Crippen molar-refractivity contribution >= 4 is 38.3 Å². The lowest BCUT2D eigenvalue weighted by Gasteiger charge is -2.34. The monoisotopic (exact) mass is 394 g/mol. The summed E-state index contributed by atoms with van der Waals surface area (Å²) < 4.78 is 1.26. The van der Waals surface area contributed by atoms with Crippen LogP contribution in [0.1, 0.15) is 21.5 Å². The molecule has 0 atom stereocenters. The Morgan fingerprint density at radius 2 is 1.71 bits per heavy atom. The van der Waals surface area contributed by atoms with Crippen molar-refractivity contribution in [2.75, 3.05) is 50.1 Å². The number of aromatic nitrogens is 1. The average molecular weight is 395 g/mol. The average Bonchev–Trinajstić information content (AvgIpc) is 3.12. The molecule has 1 aliphatic rings. The molecule has 28 heavy (non-hydrogen) atoms. The molecule has 5 nitrogen and oxygen atoms in total. The molecule has 1 fully saturated rings. The van der Waals surface area contributed by atoms with Crippen LogP contribution in [0.4, 0.5) is 10.8 Å². The smallest absolute Gasteiger partial charge is 0.253 e. The molecule has 0 radical (unpaired) electrons. The number of piperazine rings is 1. The summed E-state index contributed by atoms with van der Waals surface area (Å²) in [6.45, 7) is 7.35. The van der Waals surface area contributed by atoms with E-state index in [2.05, 4.69) is 30.9 Å². The Labute approximate surface area is 170 Å². The minimum atomic E-state index is 0.112. The van der Waals surface area contributed by atoms with Crippen molar-refractivity contribution in [2.24, 2.45) is 0 Å². The van der Waals surface area contributed by atoms with Gasteiger partial charge >= 0.3 is 0 Å². The Balaban J connectivity index is 1.44. The molecule has 1 aromatic heterocycles. The molecule has 1 amide bonds. The summed E-state index contributed by atoms with van der Waals surface area (Å²) in [7, 11) is 4.00. The van der Waals surface area contributed by atoms with Crippen molar-refractivity contribution in [2.45, 2.75) is 13.8 Å². The van der Waals surface area contributed by atoms with Gasteiger partial charge in [-0.05, 0) is 55.3 Å². The third kappa shape index (κ3) is 3.56. The third-order valence-corrected chi connectivity index (χ3v) is 6.54. The molecule has 0 bridgehead atoms. The first-order valence-corrected chi connectivity index (χ1v) is 10.4. The highest BCUT2D eigenvalue weighted by molar-refractivity contribution is 7.22. The maximum atomic E-state index is 12.8. The first kappa shape index (κ1) is 18.7. The number of aryl methyl sites for hydroxylation is 2. The lowest BCUT2D eigenvalue weighted by Crippen LogP contribution is -2.48. The second-order valence-corrected chi connectivity index (χ2v) is 8.62. The second-order valence-electron chi connectivity index (χ2n) is 7.65. The molecule has 0 N–H and O–H groups in total. The van der Waals surface area contributed by atoms with Gasteiger partial charge < -0.3 is 14.7 Å². The maximum Gasteiger partial charge on any atom is 0.253 e. The number of carbonyl (C=O) groups excluding carboxylic acids is 1. The summed E-state index contributed by atoms with van der Waals surface area (Å²) in [5, 5.41) is 1.06. The molecule has 1 aliphatic heterocycles. The van der Waals surface area contributed by atoms with E-state index >= 15 is 0 Å². The van der Waals surface area contributed by atoms with Crippen molar-refractivity contribution in [3.8, 4) is 0 Å². The molecule has 6 heteroatoms. The predicted octanol–water partition coefficient (Wildman–Crippen LogP) is 3.94. The van der Waals surface area contributed by atoms with Gasteiger partial charge in [-0.15, -0.1) is 0 Å². The lowest BCUT2D eigenvalue weighted by molar-refractivity contribution is 0.0747. The van der Waals surface area contributed by atoms with Gasteiger partial charge in [0.15, 0.2) is 5.13 Å². The molecule has 0 unspecified atom stereocenters. The number of thiazole rings is 1. The zero-order valence-electron chi connectivity index (χ0n) is 16.9. The van der Waals surface area contributed by atoms with Crippen molar-refractivity contribution in [3.05, 3.63) is 53.1 Å². The molecular formula is C22H26N4OS. The predicted molar refractivity (Wildman–Crippen MR) is 118 cm³/mol. The standard InChI is InChI=1S/C22H26N4OS/c1-15-13-16(2)20-19(14-15)23-22(28-20)26-11-9-25(10-12-26)21(27)17-5-7-18(8-6-17)24(3)4/h5-8,13-14H,9-12H2,1-4H3. The first-order chi connectivity index (χ1) is 13.4. The van der Waals surface area contributed by atoms with E-state index in [9.17, 15) is 4.79 Å². The molecule has 0 saturated carbocycles. The zero-order chi connectivity index (χ0) is 19.8. The van der Waals surface area contributed by atoms with Crippen LogP contribution >= 0.6 is 11.3 Å². The zero-order valence-corrected chi connectivity index (χ0v) is 17.7. The van der Waals surface area contributed by atoms with Gasteiger partial charge in [-0.25, -0.2) is 4.98 Å². The molecule has 0 aliphatic carbocycles.